The maximum absolute atomic E-state index is 12.9. The van der Waals surface area contributed by atoms with Gasteiger partial charge in [-0.15, -0.1) is 0 Å². The number of rotatable bonds is 11. The summed E-state index contributed by atoms with van der Waals surface area (Å²) >= 11 is 0. The minimum absolute atomic E-state index is 0.0239. The van der Waals surface area contributed by atoms with Gasteiger partial charge in [0.15, 0.2) is 0 Å². The molecule has 0 bridgehead atoms. The summed E-state index contributed by atoms with van der Waals surface area (Å²) in [6.07, 6.45) is 4.82. The van der Waals surface area contributed by atoms with E-state index in [-0.39, 0.29) is 17.2 Å². The zero-order valence-corrected chi connectivity index (χ0v) is 21.2. The fourth-order valence-electron chi connectivity index (χ4n) is 4.08. The number of para-hydroxylation sites is 1. The number of anilines is 1. The number of aliphatic carboxylic acids is 1. The number of carbonyl (C=O) groups is 2. The Morgan fingerprint density at radius 3 is 2.35 bits per heavy atom. The van der Waals surface area contributed by atoms with Crippen molar-refractivity contribution < 1.29 is 23.1 Å². The number of H-pyrrole nitrogens is 1. The molecule has 4 aromatic rings. The molecule has 37 heavy (non-hydrogen) atoms. The Morgan fingerprint density at radius 1 is 0.973 bits per heavy atom. The quantitative estimate of drug-likeness (QED) is 0.228. The number of hydrogen-bond acceptors (Lipinski definition) is 4. The third-order valence-corrected chi connectivity index (χ3v) is 7.64. The van der Waals surface area contributed by atoms with Crippen molar-refractivity contribution in [3.63, 3.8) is 0 Å². The summed E-state index contributed by atoms with van der Waals surface area (Å²) in [5.74, 6) is -1.58. The molecule has 4 N–H and O–H groups in total. The molecule has 0 aliphatic rings. The van der Waals surface area contributed by atoms with Gasteiger partial charge in [0.05, 0.1) is 4.90 Å². The molecule has 1 heterocycles. The molecule has 192 valence electrons. The van der Waals surface area contributed by atoms with Crippen LogP contribution in [0.5, 0.6) is 0 Å². The summed E-state index contributed by atoms with van der Waals surface area (Å²) in [4.78, 5) is 27.4. The normalized spacial score (nSPS) is 12.4. The Balaban J connectivity index is 1.42. The number of aromatic nitrogens is 1. The lowest BCUT2D eigenvalue weighted by atomic mass is 10.1. The first kappa shape index (κ1) is 26.1. The summed E-state index contributed by atoms with van der Waals surface area (Å²) in [6, 6.07) is 19.0. The van der Waals surface area contributed by atoms with Crippen molar-refractivity contribution in [1.82, 2.24) is 9.71 Å². The van der Waals surface area contributed by atoms with Gasteiger partial charge in [-0.2, -0.15) is 4.72 Å². The highest BCUT2D eigenvalue weighted by atomic mass is 32.2. The molecule has 0 saturated heterocycles. The first-order chi connectivity index (χ1) is 17.8. The number of amides is 1. The number of carboxylic acids is 1. The van der Waals surface area contributed by atoms with Gasteiger partial charge >= 0.3 is 5.97 Å². The van der Waals surface area contributed by atoms with E-state index in [1.165, 1.54) is 29.8 Å². The molecule has 1 unspecified atom stereocenters. The third-order valence-electron chi connectivity index (χ3n) is 6.15. The number of benzene rings is 3. The molecule has 0 fully saturated rings. The fraction of sp³-hybridized carbons (Fsp3) is 0.214. The first-order valence-corrected chi connectivity index (χ1v) is 13.6. The minimum Gasteiger partial charge on any atom is -0.480 e. The van der Waals surface area contributed by atoms with E-state index >= 15 is 0 Å². The molecule has 1 aromatic heterocycles. The van der Waals surface area contributed by atoms with Gasteiger partial charge in [0, 0.05) is 34.8 Å². The Bertz CT molecular complexity index is 1490. The number of aryl methyl sites for hydroxylation is 1. The van der Waals surface area contributed by atoms with Gasteiger partial charge in [-0.1, -0.05) is 43.7 Å². The van der Waals surface area contributed by atoms with Crippen molar-refractivity contribution in [1.29, 1.82) is 0 Å². The van der Waals surface area contributed by atoms with E-state index in [1.54, 1.807) is 18.3 Å². The molecule has 0 aliphatic carbocycles. The van der Waals surface area contributed by atoms with Crippen LogP contribution in [0, 0.1) is 0 Å². The number of sulfonamides is 1. The van der Waals surface area contributed by atoms with Crippen molar-refractivity contribution in [2.45, 2.75) is 43.5 Å². The molecular formula is C28H29N3O5S. The zero-order valence-electron chi connectivity index (χ0n) is 20.4. The van der Waals surface area contributed by atoms with Crippen molar-refractivity contribution in [3.05, 3.63) is 95.7 Å². The van der Waals surface area contributed by atoms with Crippen LogP contribution in [0.2, 0.25) is 0 Å². The Hall–Kier alpha value is -3.95. The lowest BCUT2D eigenvalue weighted by molar-refractivity contribution is -0.138. The third kappa shape index (κ3) is 6.44. The van der Waals surface area contributed by atoms with Crippen molar-refractivity contribution in [2.75, 3.05) is 5.32 Å². The van der Waals surface area contributed by atoms with E-state index in [0.29, 0.717) is 16.8 Å². The minimum atomic E-state index is -4.12. The van der Waals surface area contributed by atoms with Crippen LogP contribution in [0.1, 0.15) is 41.3 Å². The molecule has 0 saturated carbocycles. The lowest BCUT2D eigenvalue weighted by Crippen LogP contribution is -2.42. The van der Waals surface area contributed by atoms with E-state index in [4.69, 9.17) is 0 Å². The van der Waals surface area contributed by atoms with E-state index in [2.05, 4.69) is 21.9 Å². The molecule has 1 amide bonds. The summed E-state index contributed by atoms with van der Waals surface area (Å²) in [5, 5.41) is 13.3. The Labute approximate surface area is 215 Å². The second-order valence-corrected chi connectivity index (χ2v) is 10.6. The average Bonchev–Trinajstić information content (AvgIpc) is 3.30. The Morgan fingerprint density at radius 2 is 1.68 bits per heavy atom. The maximum atomic E-state index is 12.9. The van der Waals surface area contributed by atoms with E-state index in [1.807, 2.05) is 36.4 Å². The van der Waals surface area contributed by atoms with Gasteiger partial charge in [-0.05, 0) is 66.4 Å². The number of carbonyl (C=O) groups excluding carboxylic acids is 1. The number of carboxylic acid groups (broad SMARTS) is 1. The van der Waals surface area contributed by atoms with Gasteiger partial charge < -0.3 is 15.4 Å². The molecule has 9 heteroatoms. The summed E-state index contributed by atoms with van der Waals surface area (Å²) < 4.78 is 28.2. The lowest BCUT2D eigenvalue weighted by Gasteiger charge is -2.15. The van der Waals surface area contributed by atoms with Crippen LogP contribution in [0.4, 0.5) is 5.69 Å². The van der Waals surface area contributed by atoms with Gasteiger partial charge in [-0.25, -0.2) is 8.42 Å². The van der Waals surface area contributed by atoms with Crippen LogP contribution in [0.25, 0.3) is 10.9 Å². The van der Waals surface area contributed by atoms with Crippen LogP contribution < -0.4 is 10.0 Å². The molecule has 0 spiro atoms. The number of unbranched alkanes of at least 4 members (excludes halogenated alkanes) is 1. The second-order valence-electron chi connectivity index (χ2n) is 8.85. The van der Waals surface area contributed by atoms with Gasteiger partial charge in [0.25, 0.3) is 5.91 Å². The van der Waals surface area contributed by atoms with Gasteiger partial charge in [0.1, 0.15) is 6.04 Å². The number of hydrogen-bond donors (Lipinski definition) is 4. The molecule has 3 aromatic carbocycles. The molecule has 8 nitrogen and oxygen atoms in total. The number of fused-ring (bicyclic) bond motifs is 1. The first-order valence-electron chi connectivity index (χ1n) is 12.1. The predicted octanol–water partition coefficient (Wildman–Crippen LogP) is 4.74. The zero-order chi connectivity index (χ0) is 26.4. The van der Waals surface area contributed by atoms with Crippen LogP contribution in [-0.4, -0.2) is 36.4 Å². The fourth-order valence-corrected chi connectivity index (χ4v) is 5.27. The Kier molecular flexibility index (Phi) is 8.05. The molecule has 0 radical (unpaired) electrons. The van der Waals surface area contributed by atoms with Crippen molar-refractivity contribution in [2.24, 2.45) is 0 Å². The highest BCUT2D eigenvalue weighted by molar-refractivity contribution is 7.89. The van der Waals surface area contributed by atoms with Crippen LogP contribution >= 0.6 is 0 Å². The average molecular weight is 520 g/mol. The molecule has 4 rings (SSSR count). The SMILES string of the molecule is CCCCc1ccc(C(=O)Nc2ccc(S(=O)(=O)NC(Cc3c[nH]c4ccccc34)C(=O)O)cc2)cc1. The monoisotopic (exact) mass is 519 g/mol. The topological polar surface area (TPSA) is 128 Å². The number of nitrogens with one attached hydrogen (secondary N) is 3. The highest BCUT2D eigenvalue weighted by Gasteiger charge is 2.26. The van der Waals surface area contributed by atoms with Crippen molar-refractivity contribution in [3.8, 4) is 0 Å². The van der Waals surface area contributed by atoms with E-state index < -0.39 is 22.0 Å². The molecule has 1 atom stereocenters. The maximum Gasteiger partial charge on any atom is 0.322 e. The van der Waals surface area contributed by atoms with Crippen LogP contribution in [-0.2, 0) is 27.7 Å². The molecule has 0 aliphatic heterocycles. The summed E-state index contributed by atoms with van der Waals surface area (Å²) in [7, 11) is -4.12. The summed E-state index contributed by atoms with van der Waals surface area (Å²) in [5.41, 5.74) is 3.63. The van der Waals surface area contributed by atoms with Crippen molar-refractivity contribution >= 4 is 38.5 Å². The summed E-state index contributed by atoms with van der Waals surface area (Å²) in [6.45, 7) is 2.13. The largest absolute Gasteiger partial charge is 0.480 e. The smallest absolute Gasteiger partial charge is 0.322 e. The van der Waals surface area contributed by atoms with Crippen LogP contribution in [0.15, 0.2) is 83.9 Å². The number of aromatic amines is 1. The van der Waals surface area contributed by atoms with E-state index in [9.17, 15) is 23.1 Å². The second kappa shape index (κ2) is 11.4. The van der Waals surface area contributed by atoms with Crippen LogP contribution in [0.3, 0.4) is 0 Å². The van der Waals surface area contributed by atoms with Gasteiger partial charge in [-0.3, -0.25) is 9.59 Å². The molecular weight excluding hydrogens is 490 g/mol. The predicted molar refractivity (Wildman–Crippen MR) is 143 cm³/mol. The van der Waals surface area contributed by atoms with E-state index in [0.717, 1.165) is 30.2 Å². The highest BCUT2D eigenvalue weighted by Crippen LogP contribution is 2.21. The standard InChI is InChI=1S/C28H29N3O5S/c1-2-3-6-19-9-11-20(12-10-19)27(32)30-22-13-15-23(16-14-22)37(35,36)31-26(28(33)34)17-21-18-29-25-8-5-4-7-24(21)25/h4-5,7-16,18,26,29,31H,2-3,6,17H2,1H3,(H,30,32)(H,33,34). The van der Waals surface area contributed by atoms with Gasteiger partial charge in [0.2, 0.25) is 10.0 Å².